The van der Waals surface area contributed by atoms with E-state index in [4.69, 9.17) is 4.74 Å². The first-order valence-corrected chi connectivity index (χ1v) is 10.6. The first kappa shape index (κ1) is 18.6. The molecule has 0 saturated carbocycles. The van der Waals surface area contributed by atoms with Crippen molar-refractivity contribution < 1.29 is 9.53 Å². The predicted octanol–water partition coefficient (Wildman–Crippen LogP) is 5.69. The number of benzene rings is 3. The third-order valence-corrected chi connectivity index (χ3v) is 6.39. The van der Waals surface area contributed by atoms with Gasteiger partial charge >= 0.3 is 0 Å². The van der Waals surface area contributed by atoms with Crippen molar-refractivity contribution in [2.75, 3.05) is 12.4 Å². The summed E-state index contributed by atoms with van der Waals surface area (Å²) in [6, 6.07) is 22.3. The lowest BCUT2D eigenvalue weighted by atomic mass is 10.00. The van der Waals surface area contributed by atoms with E-state index in [1.165, 1.54) is 20.5 Å². The summed E-state index contributed by atoms with van der Waals surface area (Å²) in [5.41, 5.74) is 5.14. The summed E-state index contributed by atoms with van der Waals surface area (Å²) < 4.78 is 6.51. The summed E-state index contributed by atoms with van der Waals surface area (Å²) >= 11 is 1.77. The summed E-state index contributed by atoms with van der Waals surface area (Å²) in [5.74, 6) is 0.696. The van der Waals surface area contributed by atoms with Crippen molar-refractivity contribution in [3.8, 4) is 16.2 Å². The van der Waals surface area contributed by atoms with Gasteiger partial charge < -0.3 is 10.1 Å². The third kappa shape index (κ3) is 3.60. The average Bonchev–Trinajstić information content (AvgIpc) is 3.40. The molecule has 0 saturated heterocycles. The van der Waals surface area contributed by atoms with Crippen LogP contribution in [0.2, 0.25) is 0 Å². The molecule has 1 aliphatic rings. The lowest BCUT2D eigenvalue weighted by Crippen LogP contribution is -2.14. The smallest absolute Gasteiger partial charge is 0.228 e. The van der Waals surface area contributed by atoms with Crippen LogP contribution in [0.4, 0.5) is 5.69 Å². The van der Waals surface area contributed by atoms with Gasteiger partial charge in [-0.25, -0.2) is 0 Å². The Morgan fingerprint density at radius 2 is 2.00 bits per heavy atom. The number of amides is 1. The minimum atomic E-state index is -0.0552. The molecule has 0 bridgehead atoms. The fourth-order valence-electron chi connectivity index (χ4n) is 3.80. The number of thiophene rings is 1. The van der Waals surface area contributed by atoms with Crippen molar-refractivity contribution in [1.29, 1.82) is 0 Å². The van der Waals surface area contributed by atoms with Gasteiger partial charge in [0.05, 0.1) is 20.1 Å². The van der Waals surface area contributed by atoms with Crippen LogP contribution in [0.1, 0.15) is 16.7 Å². The van der Waals surface area contributed by atoms with Crippen molar-refractivity contribution in [2.24, 2.45) is 4.99 Å². The molecule has 1 amide bonds. The number of hydrogen-bond donors (Lipinski definition) is 1. The van der Waals surface area contributed by atoms with Crippen LogP contribution in [0, 0.1) is 0 Å². The zero-order valence-corrected chi connectivity index (χ0v) is 17.3. The monoisotopic (exact) mass is 412 g/mol. The Hall–Kier alpha value is -3.44. The van der Waals surface area contributed by atoms with Crippen LogP contribution in [0.25, 0.3) is 20.5 Å². The highest BCUT2D eigenvalue weighted by atomic mass is 32.1. The molecule has 2 heterocycles. The second kappa shape index (κ2) is 7.76. The summed E-state index contributed by atoms with van der Waals surface area (Å²) in [7, 11) is 1.63. The summed E-state index contributed by atoms with van der Waals surface area (Å²) in [6.45, 7) is 0.678. The van der Waals surface area contributed by atoms with Crippen LogP contribution in [-0.2, 0) is 17.8 Å². The number of carbonyl (C=O) groups is 1. The average molecular weight is 413 g/mol. The van der Waals surface area contributed by atoms with Gasteiger partial charge in [0, 0.05) is 27.0 Å². The van der Waals surface area contributed by atoms with Gasteiger partial charge in [-0.15, -0.1) is 11.3 Å². The standard InChI is InChI=1S/C25H20N2O2S/c1-29-20-7-4-5-16(9-20)10-25(28)27-19-11-18-14-26-15-22(18)21(13-19)24-12-17-6-2-3-8-23(17)30-24/h2-9,11-14H,10,15H2,1H3,(H,27,28). The summed E-state index contributed by atoms with van der Waals surface area (Å²) in [6.07, 6.45) is 2.18. The lowest BCUT2D eigenvalue weighted by molar-refractivity contribution is -0.115. The number of nitrogens with one attached hydrogen (secondary N) is 1. The van der Waals surface area contributed by atoms with Crippen LogP contribution >= 0.6 is 11.3 Å². The molecule has 1 aliphatic heterocycles. The fraction of sp³-hybridized carbons (Fsp3) is 0.120. The minimum Gasteiger partial charge on any atom is -0.497 e. The molecule has 0 spiro atoms. The molecular formula is C25H20N2O2S. The molecule has 0 fully saturated rings. The van der Waals surface area contributed by atoms with Crippen molar-refractivity contribution in [1.82, 2.24) is 0 Å². The Morgan fingerprint density at radius 3 is 2.87 bits per heavy atom. The Morgan fingerprint density at radius 1 is 1.10 bits per heavy atom. The molecule has 5 heteroatoms. The molecule has 0 unspecified atom stereocenters. The number of ether oxygens (including phenoxy) is 1. The van der Waals surface area contributed by atoms with E-state index in [0.717, 1.165) is 28.1 Å². The maximum atomic E-state index is 12.7. The first-order valence-electron chi connectivity index (χ1n) is 9.78. The van der Waals surface area contributed by atoms with E-state index < -0.39 is 0 Å². The Kier molecular flexibility index (Phi) is 4.81. The van der Waals surface area contributed by atoms with Gasteiger partial charge in [-0.2, -0.15) is 0 Å². The molecule has 1 aromatic heterocycles. The van der Waals surface area contributed by atoms with Crippen molar-refractivity contribution in [2.45, 2.75) is 13.0 Å². The zero-order chi connectivity index (χ0) is 20.5. The molecule has 148 valence electrons. The Balaban J connectivity index is 1.45. The maximum Gasteiger partial charge on any atom is 0.228 e. The number of methoxy groups -OCH3 is 1. The molecule has 0 radical (unpaired) electrons. The number of fused-ring (bicyclic) bond motifs is 2. The number of carbonyl (C=O) groups excluding carboxylic acids is 1. The number of rotatable bonds is 5. The van der Waals surface area contributed by atoms with Crippen LogP contribution in [0.5, 0.6) is 5.75 Å². The van der Waals surface area contributed by atoms with E-state index in [2.05, 4.69) is 46.7 Å². The lowest BCUT2D eigenvalue weighted by Gasteiger charge is -2.12. The highest BCUT2D eigenvalue weighted by molar-refractivity contribution is 7.22. The molecule has 4 nitrogen and oxygen atoms in total. The first-order chi connectivity index (χ1) is 14.7. The van der Waals surface area contributed by atoms with Crippen molar-refractivity contribution in [3.05, 3.63) is 83.4 Å². The third-order valence-electron chi connectivity index (χ3n) is 5.24. The van der Waals surface area contributed by atoms with Gasteiger partial charge in [-0.3, -0.25) is 9.79 Å². The van der Waals surface area contributed by atoms with E-state index in [-0.39, 0.29) is 5.91 Å². The second-order valence-corrected chi connectivity index (χ2v) is 8.37. The van der Waals surface area contributed by atoms with E-state index in [9.17, 15) is 4.79 Å². The van der Waals surface area contributed by atoms with Crippen LogP contribution < -0.4 is 10.1 Å². The highest BCUT2D eigenvalue weighted by Crippen LogP contribution is 2.39. The van der Waals surface area contributed by atoms with Crippen LogP contribution in [0.15, 0.2) is 71.7 Å². The topological polar surface area (TPSA) is 50.7 Å². The SMILES string of the molecule is COc1cccc(CC(=O)Nc2cc3c(c(-c4cc5ccccc5s4)c2)CN=C3)c1. The molecule has 5 rings (SSSR count). The van der Waals surface area contributed by atoms with Crippen molar-refractivity contribution in [3.63, 3.8) is 0 Å². The van der Waals surface area contributed by atoms with Crippen LogP contribution in [-0.4, -0.2) is 19.2 Å². The van der Waals surface area contributed by atoms with Gasteiger partial charge in [-0.05, 0) is 58.5 Å². The molecule has 30 heavy (non-hydrogen) atoms. The Bertz CT molecular complexity index is 1260. The van der Waals surface area contributed by atoms with E-state index >= 15 is 0 Å². The zero-order valence-electron chi connectivity index (χ0n) is 16.5. The molecule has 1 N–H and O–H groups in total. The van der Waals surface area contributed by atoms with E-state index in [0.29, 0.717) is 13.0 Å². The van der Waals surface area contributed by atoms with Gasteiger partial charge in [0.2, 0.25) is 5.91 Å². The number of nitrogens with zero attached hydrogens (tertiary/aromatic N) is 1. The largest absolute Gasteiger partial charge is 0.497 e. The number of hydrogen-bond acceptors (Lipinski definition) is 4. The maximum absolute atomic E-state index is 12.7. The van der Waals surface area contributed by atoms with E-state index in [1.54, 1.807) is 18.4 Å². The van der Waals surface area contributed by atoms with Gasteiger partial charge in [0.25, 0.3) is 0 Å². The van der Waals surface area contributed by atoms with Gasteiger partial charge in [-0.1, -0.05) is 30.3 Å². The normalized spacial score (nSPS) is 12.2. The Labute approximate surface area is 178 Å². The van der Waals surface area contributed by atoms with Crippen molar-refractivity contribution >= 4 is 39.2 Å². The molecule has 0 aliphatic carbocycles. The number of anilines is 1. The van der Waals surface area contributed by atoms with Gasteiger partial charge in [0.1, 0.15) is 5.75 Å². The van der Waals surface area contributed by atoms with Gasteiger partial charge in [0.15, 0.2) is 0 Å². The molecule has 0 atom stereocenters. The predicted molar refractivity (Wildman–Crippen MR) is 124 cm³/mol. The highest BCUT2D eigenvalue weighted by Gasteiger charge is 2.17. The quantitative estimate of drug-likeness (QED) is 0.458. The second-order valence-electron chi connectivity index (χ2n) is 7.29. The minimum absolute atomic E-state index is 0.0552. The summed E-state index contributed by atoms with van der Waals surface area (Å²) in [4.78, 5) is 18.3. The molecule has 4 aromatic rings. The summed E-state index contributed by atoms with van der Waals surface area (Å²) in [5, 5.41) is 4.30. The molecular weight excluding hydrogens is 392 g/mol. The number of aliphatic imine (C=N–C) groups is 1. The van der Waals surface area contributed by atoms with Crippen LogP contribution in [0.3, 0.4) is 0 Å². The molecule has 3 aromatic carbocycles. The van der Waals surface area contributed by atoms with E-state index in [1.807, 2.05) is 36.5 Å². The fourth-order valence-corrected chi connectivity index (χ4v) is 4.91.